The molecule has 3 nitrogen and oxygen atoms in total. The van der Waals surface area contributed by atoms with Gasteiger partial charge in [0.15, 0.2) is 0 Å². The molecule has 46 valence electrons. The highest BCUT2D eigenvalue weighted by molar-refractivity contribution is 5.80. The maximum absolute atomic E-state index is 7.99. The summed E-state index contributed by atoms with van der Waals surface area (Å²) in [6.07, 6.45) is 4.18. The van der Waals surface area contributed by atoms with Crippen LogP contribution in [-0.4, -0.2) is 11.0 Å². The maximum atomic E-state index is 7.99. The summed E-state index contributed by atoms with van der Waals surface area (Å²) in [6, 6.07) is 0. The highest BCUT2D eigenvalue weighted by Crippen LogP contribution is 1.80. The molecule has 0 saturated heterocycles. The number of nitrogens with two attached hydrogens (primary N) is 1. The summed E-state index contributed by atoms with van der Waals surface area (Å²) in [4.78, 5) is 0. The van der Waals surface area contributed by atoms with Crippen LogP contribution in [0, 0.1) is 0 Å². The van der Waals surface area contributed by atoms with Crippen LogP contribution >= 0.6 is 0 Å². The van der Waals surface area contributed by atoms with Gasteiger partial charge in [0.05, 0.1) is 0 Å². The molecule has 0 aromatic rings. The molecule has 0 aromatic heterocycles. The van der Waals surface area contributed by atoms with Crippen molar-refractivity contribution in [3.63, 3.8) is 0 Å². The van der Waals surface area contributed by atoms with Gasteiger partial charge in [-0.05, 0) is 6.92 Å². The minimum Gasteiger partial charge on any atom is -0.409 e. The molecule has 0 atom stereocenters. The minimum absolute atomic E-state index is 0.239. The van der Waals surface area contributed by atoms with Crippen LogP contribution in [0.2, 0.25) is 0 Å². The summed E-state index contributed by atoms with van der Waals surface area (Å²) in [5.41, 5.74) is 5.11. The van der Waals surface area contributed by atoms with Crippen molar-refractivity contribution in [3.8, 4) is 0 Å². The van der Waals surface area contributed by atoms with Crippen molar-refractivity contribution >= 4 is 5.84 Å². The fourth-order valence-electron chi connectivity index (χ4n) is 0.279. The Hall–Kier alpha value is -0.990. The molecule has 3 N–H and O–H groups in total. The third kappa shape index (κ3) is 3.21. The van der Waals surface area contributed by atoms with Crippen molar-refractivity contribution in [1.82, 2.24) is 0 Å². The number of rotatable bonds is 2. The number of oxime groups is 1. The summed E-state index contributed by atoms with van der Waals surface area (Å²) in [6.45, 7) is 1.88. The quantitative estimate of drug-likeness (QED) is 0.182. The second kappa shape index (κ2) is 4.18. The number of allylic oxidation sites excluding steroid dienone is 1. The van der Waals surface area contributed by atoms with Gasteiger partial charge >= 0.3 is 0 Å². The second-order valence-electron chi connectivity index (χ2n) is 1.36. The lowest BCUT2D eigenvalue weighted by molar-refractivity contribution is 0.317. The SMILES string of the molecule is CC=CCC(N)=NO. The molecule has 0 rings (SSSR count). The van der Waals surface area contributed by atoms with Crippen molar-refractivity contribution in [3.05, 3.63) is 12.2 Å². The monoisotopic (exact) mass is 114 g/mol. The molecule has 0 bridgehead atoms. The van der Waals surface area contributed by atoms with E-state index in [1.165, 1.54) is 0 Å². The van der Waals surface area contributed by atoms with E-state index in [0.717, 1.165) is 0 Å². The lowest BCUT2D eigenvalue weighted by atomic mass is 10.4. The van der Waals surface area contributed by atoms with Crippen LogP contribution in [0.1, 0.15) is 13.3 Å². The molecule has 0 unspecified atom stereocenters. The minimum atomic E-state index is 0.239. The molecule has 0 aliphatic carbocycles. The Kier molecular flexibility index (Phi) is 3.66. The predicted octanol–water partition coefficient (Wildman–Crippen LogP) is 0.699. The normalized spacial score (nSPS) is 12.9. The smallest absolute Gasteiger partial charge is 0.142 e. The average molecular weight is 114 g/mol. The Balaban J connectivity index is 3.40. The Morgan fingerprint density at radius 2 is 2.50 bits per heavy atom. The zero-order chi connectivity index (χ0) is 6.41. The number of amidine groups is 1. The zero-order valence-electron chi connectivity index (χ0n) is 4.83. The van der Waals surface area contributed by atoms with E-state index in [4.69, 9.17) is 10.9 Å². The van der Waals surface area contributed by atoms with Crippen LogP contribution in [0.4, 0.5) is 0 Å². The lowest BCUT2D eigenvalue weighted by Gasteiger charge is -1.86. The summed E-state index contributed by atoms with van der Waals surface area (Å²) < 4.78 is 0. The molecule has 0 saturated carbocycles. The summed E-state index contributed by atoms with van der Waals surface area (Å²) >= 11 is 0. The number of hydrogen-bond donors (Lipinski definition) is 2. The van der Waals surface area contributed by atoms with Crippen LogP contribution in [0.15, 0.2) is 17.3 Å². The molecule has 0 spiro atoms. The largest absolute Gasteiger partial charge is 0.409 e. The third-order valence-corrected chi connectivity index (χ3v) is 0.691. The first-order valence-electron chi connectivity index (χ1n) is 2.38. The van der Waals surface area contributed by atoms with E-state index in [9.17, 15) is 0 Å². The van der Waals surface area contributed by atoms with Crippen molar-refractivity contribution < 1.29 is 5.21 Å². The fourth-order valence-corrected chi connectivity index (χ4v) is 0.279. The zero-order valence-corrected chi connectivity index (χ0v) is 4.83. The van der Waals surface area contributed by atoms with Crippen LogP contribution < -0.4 is 5.73 Å². The van der Waals surface area contributed by atoms with E-state index in [2.05, 4.69) is 5.16 Å². The van der Waals surface area contributed by atoms with Crippen molar-refractivity contribution in [1.29, 1.82) is 0 Å². The van der Waals surface area contributed by atoms with E-state index in [1.807, 2.05) is 19.1 Å². The van der Waals surface area contributed by atoms with Crippen LogP contribution in [0.3, 0.4) is 0 Å². The number of hydrogen-bond acceptors (Lipinski definition) is 2. The molecular weight excluding hydrogens is 104 g/mol. The van der Waals surface area contributed by atoms with E-state index < -0.39 is 0 Å². The Labute approximate surface area is 48.5 Å². The van der Waals surface area contributed by atoms with Crippen LogP contribution in [0.25, 0.3) is 0 Å². The topological polar surface area (TPSA) is 58.6 Å². The van der Waals surface area contributed by atoms with Gasteiger partial charge in [-0.2, -0.15) is 0 Å². The standard InChI is InChI=1S/C5H10N2O/c1-2-3-4-5(6)7-8/h2-3,8H,4H2,1H3,(H2,6,7). The van der Waals surface area contributed by atoms with E-state index in [0.29, 0.717) is 6.42 Å². The molecule has 8 heavy (non-hydrogen) atoms. The highest BCUT2D eigenvalue weighted by Gasteiger charge is 1.82. The summed E-state index contributed by atoms with van der Waals surface area (Å²) in [5.74, 6) is 0.239. The average Bonchev–Trinajstić information content (AvgIpc) is 1.83. The first-order valence-corrected chi connectivity index (χ1v) is 2.38. The van der Waals surface area contributed by atoms with Gasteiger partial charge in [0, 0.05) is 6.42 Å². The molecule has 0 heterocycles. The lowest BCUT2D eigenvalue weighted by Crippen LogP contribution is -2.09. The van der Waals surface area contributed by atoms with E-state index in [-0.39, 0.29) is 5.84 Å². The summed E-state index contributed by atoms with van der Waals surface area (Å²) in [7, 11) is 0. The van der Waals surface area contributed by atoms with Gasteiger partial charge in [0.25, 0.3) is 0 Å². The van der Waals surface area contributed by atoms with Crippen molar-refractivity contribution in [2.45, 2.75) is 13.3 Å². The summed E-state index contributed by atoms with van der Waals surface area (Å²) in [5, 5.41) is 10.8. The molecule has 0 aliphatic rings. The Bertz CT molecular complexity index is 107. The molecule has 3 heteroatoms. The van der Waals surface area contributed by atoms with Crippen molar-refractivity contribution in [2.24, 2.45) is 10.9 Å². The second-order valence-corrected chi connectivity index (χ2v) is 1.36. The molecule has 0 aromatic carbocycles. The highest BCUT2D eigenvalue weighted by atomic mass is 16.4. The van der Waals surface area contributed by atoms with Gasteiger partial charge in [-0.1, -0.05) is 17.3 Å². The van der Waals surface area contributed by atoms with Crippen molar-refractivity contribution in [2.75, 3.05) is 0 Å². The molecule has 0 fully saturated rings. The van der Waals surface area contributed by atoms with Gasteiger partial charge in [-0.25, -0.2) is 0 Å². The first kappa shape index (κ1) is 7.01. The third-order valence-electron chi connectivity index (χ3n) is 0.691. The van der Waals surface area contributed by atoms with Gasteiger partial charge in [-0.15, -0.1) is 0 Å². The van der Waals surface area contributed by atoms with Gasteiger partial charge in [0.1, 0.15) is 5.84 Å². The Morgan fingerprint density at radius 3 is 2.88 bits per heavy atom. The predicted molar refractivity (Wildman–Crippen MR) is 32.8 cm³/mol. The van der Waals surface area contributed by atoms with Gasteiger partial charge < -0.3 is 10.9 Å². The molecule has 0 amide bonds. The van der Waals surface area contributed by atoms with E-state index >= 15 is 0 Å². The first-order chi connectivity index (χ1) is 3.81. The van der Waals surface area contributed by atoms with Crippen LogP contribution in [-0.2, 0) is 0 Å². The molecule has 0 radical (unpaired) electrons. The van der Waals surface area contributed by atoms with Gasteiger partial charge in [0.2, 0.25) is 0 Å². The fraction of sp³-hybridized carbons (Fsp3) is 0.400. The molecule has 0 aliphatic heterocycles. The maximum Gasteiger partial charge on any atom is 0.142 e. The van der Waals surface area contributed by atoms with E-state index in [1.54, 1.807) is 0 Å². The Morgan fingerprint density at radius 1 is 1.88 bits per heavy atom. The molecular formula is C5H10N2O. The number of nitrogens with zero attached hydrogens (tertiary/aromatic N) is 1. The van der Waals surface area contributed by atoms with Crippen LogP contribution in [0.5, 0.6) is 0 Å². The van der Waals surface area contributed by atoms with Gasteiger partial charge in [-0.3, -0.25) is 0 Å².